The summed E-state index contributed by atoms with van der Waals surface area (Å²) in [4.78, 5) is 12.4. The lowest BCUT2D eigenvalue weighted by Gasteiger charge is -2.34. The van der Waals surface area contributed by atoms with E-state index in [1.54, 1.807) is 28.2 Å². The summed E-state index contributed by atoms with van der Waals surface area (Å²) in [6.07, 6.45) is 5.39. The number of sulfonamides is 1. The number of amides is 1. The molecule has 1 aromatic carbocycles. The molecule has 0 spiro atoms. The van der Waals surface area contributed by atoms with Gasteiger partial charge in [-0.3, -0.25) is 4.79 Å². The van der Waals surface area contributed by atoms with Crippen LogP contribution >= 0.6 is 11.8 Å². The molecule has 1 fully saturated rings. The molecular weight excluding hydrogens is 332 g/mol. The minimum absolute atomic E-state index is 0.0409. The number of piperidine rings is 1. The van der Waals surface area contributed by atoms with Gasteiger partial charge in [0.25, 0.3) is 0 Å². The van der Waals surface area contributed by atoms with E-state index in [4.69, 9.17) is 0 Å². The number of rotatable bonds is 6. The molecule has 128 valence electrons. The molecule has 5 nitrogen and oxygen atoms in total. The van der Waals surface area contributed by atoms with Crippen LogP contribution in [0.1, 0.15) is 32.6 Å². The van der Waals surface area contributed by atoms with Crippen molar-refractivity contribution in [3.63, 3.8) is 0 Å². The second-order valence-corrected chi connectivity index (χ2v) is 8.48. The highest BCUT2D eigenvalue weighted by molar-refractivity contribution is 7.98. The molecule has 2 rings (SSSR count). The first kappa shape index (κ1) is 18.3. The molecule has 23 heavy (non-hydrogen) atoms. The molecule has 0 radical (unpaired) electrons. The van der Waals surface area contributed by atoms with Crippen LogP contribution < -0.4 is 5.32 Å². The number of carbonyl (C=O) groups is 1. The molecule has 1 saturated heterocycles. The van der Waals surface area contributed by atoms with Gasteiger partial charge in [0.2, 0.25) is 15.9 Å². The number of benzene rings is 1. The predicted molar refractivity (Wildman–Crippen MR) is 93.1 cm³/mol. The monoisotopic (exact) mass is 356 g/mol. The van der Waals surface area contributed by atoms with Crippen LogP contribution in [-0.4, -0.2) is 44.0 Å². The van der Waals surface area contributed by atoms with E-state index in [0.717, 1.165) is 24.2 Å². The Kier molecular flexibility index (Phi) is 6.50. The molecule has 1 aromatic rings. The van der Waals surface area contributed by atoms with Crippen molar-refractivity contribution in [1.82, 2.24) is 9.62 Å². The van der Waals surface area contributed by atoms with E-state index in [1.165, 1.54) is 6.92 Å². The molecule has 0 aliphatic carbocycles. The zero-order chi connectivity index (χ0) is 16.9. The quantitative estimate of drug-likeness (QED) is 0.795. The summed E-state index contributed by atoms with van der Waals surface area (Å²) >= 11 is 1.59. The fraction of sp³-hybridized carbons (Fsp3) is 0.562. The van der Waals surface area contributed by atoms with Crippen molar-refractivity contribution in [3.05, 3.63) is 24.3 Å². The highest BCUT2D eigenvalue weighted by Gasteiger charge is 2.33. The number of thioether (sulfide) groups is 1. The third-order valence-corrected chi connectivity index (χ3v) is 6.80. The molecule has 1 atom stereocenters. The fourth-order valence-corrected chi connectivity index (χ4v) is 5.01. The van der Waals surface area contributed by atoms with Crippen molar-refractivity contribution in [3.8, 4) is 0 Å². The number of nitrogens with zero attached hydrogens (tertiary/aromatic N) is 1. The molecule has 0 aromatic heterocycles. The Bertz CT molecular complexity index is 629. The summed E-state index contributed by atoms with van der Waals surface area (Å²) < 4.78 is 27.5. The Balaban J connectivity index is 2.14. The van der Waals surface area contributed by atoms with Crippen molar-refractivity contribution >= 4 is 27.7 Å². The fourth-order valence-electron chi connectivity index (χ4n) is 2.88. The van der Waals surface area contributed by atoms with Gasteiger partial charge in [0.1, 0.15) is 0 Å². The molecule has 1 heterocycles. The minimum Gasteiger partial charge on any atom is -0.356 e. The predicted octanol–water partition coefficient (Wildman–Crippen LogP) is 2.48. The molecule has 1 aliphatic heterocycles. The standard InChI is InChI=1S/C16H24N2O3S2/c1-13(19)17-11-10-14-5-3-4-12-18(14)23(20,21)16-8-6-15(22-2)7-9-16/h6-9,14H,3-5,10-12H2,1-2H3,(H,17,19)/t14-/m1/s1. The van der Waals surface area contributed by atoms with Crippen molar-refractivity contribution in [2.45, 2.75) is 48.4 Å². The number of hydrogen-bond donors (Lipinski definition) is 1. The van der Waals surface area contributed by atoms with Gasteiger partial charge in [0, 0.05) is 31.0 Å². The van der Waals surface area contributed by atoms with Crippen LogP contribution in [0.2, 0.25) is 0 Å². The second kappa shape index (κ2) is 8.17. The zero-order valence-corrected chi connectivity index (χ0v) is 15.3. The molecular formula is C16H24N2O3S2. The summed E-state index contributed by atoms with van der Waals surface area (Å²) in [5, 5.41) is 2.76. The van der Waals surface area contributed by atoms with Crippen LogP contribution in [-0.2, 0) is 14.8 Å². The molecule has 7 heteroatoms. The average molecular weight is 357 g/mol. The van der Waals surface area contributed by atoms with Crippen LogP contribution in [0.5, 0.6) is 0 Å². The smallest absolute Gasteiger partial charge is 0.243 e. The lowest BCUT2D eigenvalue weighted by Crippen LogP contribution is -2.45. The lowest BCUT2D eigenvalue weighted by atomic mass is 10.0. The van der Waals surface area contributed by atoms with Gasteiger partial charge >= 0.3 is 0 Å². The van der Waals surface area contributed by atoms with E-state index in [9.17, 15) is 13.2 Å². The van der Waals surface area contributed by atoms with Gasteiger partial charge in [-0.15, -0.1) is 11.8 Å². The number of nitrogens with one attached hydrogen (secondary N) is 1. The van der Waals surface area contributed by atoms with E-state index in [0.29, 0.717) is 24.4 Å². The maximum absolute atomic E-state index is 12.9. The Morgan fingerprint density at radius 1 is 1.30 bits per heavy atom. The second-order valence-electron chi connectivity index (χ2n) is 5.71. The van der Waals surface area contributed by atoms with E-state index in [2.05, 4.69) is 5.32 Å². The number of carbonyl (C=O) groups excluding carboxylic acids is 1. The SMILES string of the molecule is CSc1ccc(S(=O)(=O)N2CCCC[C@@H]2CCNC(C)=O)cc1. The summed E-state index contributed by atoms with van der Waals surface area (Å²) in [7, 11) is -3.48. The van der Waals surface area contributed by atoms with Gasteiger partial charge in [0.05, 0.1) is 4.90 Å². The van der Waals surface area contributed by atoms with Crippen LogP contribution in [0.25, 0.3) is 0 Å². The number of hydrogen-bond acceptors (Lipinski definition) is 4. The van der Waals surface area contributed by atoms with E-state index in [1.807, 2.05) is 18.4 Å². The van der Waals surface area contributed by atoms with E-state index < -0.39 is 10.0 Å². The van der Waals surface area contributed by atoms with Crippen molar-refractivity contribution in [2.24, 2.45) is 0 Å². The Hall–Kier alpha value is -1.05. The summed E-state index contributed by atoms with van der Waals surface area (Å²) in [5.74, 6) is -0.0807. The van der Waals surface area contributed by atoms with E-state index >= 15 is 0 Å². The van der Waals surface area contributed by atoms with Crippen LogP contribution in [0, 0.1) is 0 Å². The van der Waals surface area contributed by atoms with Gasteiger partial charge in [-0.25, -0.2) is 8.42 Å². The normalized spacial score (nSPS) is 19.5. The first-order valence-electron chi connectivity index (χ1n) is 7.85. The summed E-state index contributed by atoms with van der Waals surface area (Å²) in [6, 6.07) is 7.00. The van der Waals surface area contributed by atoms with Gasteiger partial charge in [0.15, 0.2) is 0 Å². The Morgan fingerprint density at radius 3 is 2.61 bits per heavy atom. The van der Waals surface area contributed by atoms with Crippen molar-refractivity contribution in [2.75, 3.05) is 19.3 Å². The summed E-state index contributed by atoms with van der Waals surface area (Å²) in [6.45, 7) is 2.54. The molecule has 0 unspecified atom stereocenters. The Labute approximate surface area is 142 Å². The van der Waals surface area contributed by atoms with Gasteiger partial charge in [-0.2, -0.15) is 4.31 Å². The van der Waals surface area contributed by atoms with Crippen LogP contribution in [0.15, 0.2) is 34.1 Å². The average Bonchev–Trinajstić information content (AvgIpc) is 2.55. The van der Waals surface area contributed by atoms with Gasteiger partial charge < -0.3 is 5.32 Å². The highest BCUT2D eigenvalue weighted by Crippen LogP contribution is 2.28. The topological polar surface area (TPSA) is 66.5 Å². The Morgan fingerprint density at radius 2 is 2.00 bits per heavy atom. The van der Waals surface area contributed by atoms with E-state index in [-0.39, 0.29) is 11.9 Å². The minimum atomic E-state index is -3.48. The third kappa shape index (κ3) is 4.71. The maximum Gasteiger partial charge on any atom is 0.243 e. The first-order valence-corrected chi connectivity index (χ1v) is 10.5. The van der Waals surface area contributed by atoms with Crippen molar-refractivity contribution < 1.29 is 13.2 Å². The highest BCUT2D eigenvalue weighted by atomic mass is 32.2. The van der Waals surface area contributed by atoms with Crippen molar-refractivity contribution in [1.29, 1.82) is 0 Å². The first-order chi connectivity index (χ1) is 10.9. The summed E-state index contributed by atoms with van der Waals surface area (Å²) in [5.41, 5.74) is 0. The largest absolute Gasteiger partial charge is 0.356 e. The third-order valence-electron chi connectivity index (χ3n) is 4.09. The molecule has 0 bridgehead atoms. The zero-order valence-electron chi connectivity index (χ0n) is 13.6. The molecule has 0 saturated carbocycles. The lowest BCUT2D eigenvalue weighted by molar-refractivity contribution is -0.119. The van der Waals surface area contributed by atoms with Gasteiger partial charge in [-0.1, -0.05) is 6.42 Å². The van der Waals surface area contributed by atoms with Crippen LogP contribution in [0.3, 0.4) is 0 Å². The molecule has 1 N–H and O–H groups in total. The van der Waals surface area contributed by atoms with Gasteiger partial charge in [-0.05, 0) is 49.8 Å². The van der Waals surface area contributed by atoms with Crippen LogP contribution in [0.4, 0.5) is 0 Å². The molecule has 1 aliphatic rings. The maximum atomic E-state index is 12.9. The molecule has 1 amide bonds.